The van der Waals surface area contributed by atoms with E-state index in [4.69, 9.17) is 16.1 Å². The molecule has 1 aromatic carbocycles. The Morgan fingerprint density at radius 1 is 1.14 bits per heavy atom. The first-order valence-corrected chi connectivity index (χ1v) is 9.13. The fraction of sp³-hybridized carbons (Fsp3) is 0.211. The maximum atomic E-state index is 6.03. The number of hydrogen-bond donors (Lipinski definition) is 1. The second kappa shape index (κ2) is 7.77. The maximum absolute atomic E-state index is 6.03. The smallest absolute Gasteiger partial charge is 0.231 e. The van der Waals surface area contributed by atoms with Gasteiger partial charge in [0.25, 0.3) is 0 Å². The molecule has 3 heterocycles. The van der Waals surface area contributed by atoms with E-state index >= 15 is 0 Å². The second-order valence-electron chi connectivity index (χ2n) is 6.39. The third kappa shape index (κ3) is 3.72. The van der Waals surface area contributed by atoms with E-state index in [-0.39, 0.29) is 5.92 Å². The van der Waals surface area contributed by atoms with Crippen LogP contribution in [0.25, 0.3) is 22.8 Å². The normalized spacial score (nSPS) is 12.1. The van der Waals surface area contributed by atoms with E-state index in [0.29, 0.717) is 29.2 Å². The zero-order valence-electron chi connectivity index (χ0n) is 15.4. The summed E-state index contributed by atoms with van der Waals surface area (Å²) in [5, 5.41) is 16.4. The van der Waals surface area contributed by atoms with Gasteiger partial charge in [0.2, 0.25) is 17.7 Å². The van der Waals surface area contributed by atoms with Crippen molar-refractivity contribution in [3.05, 3.63) is 59.7 Å². The fourth-order valence-corrected chi connectivity index (χ4v) is 2.94. The summed E-state index contributed by atoms with van der Waals surface area (Å²) < 4.78 is 7.32. The van der Waals surface area contributed by atoms with E-state index in [1.165, 1.54) is 0 Å². The van der Waals surface area contributed by atoms with Crippen molar-refractivity contribution in [1.82, 2.24) is 29.9 Å². The summed E-state index contributed by atoms with van der Waals surface area (Å²) in [7, 11) is 1.91. The van der Waals surface area contributed by atoms with Crippen molar-refractivity contribution in [3.63, 3.8) is 0 Å². The summed E-state index contributed by atoms with van der Waals surface area (Å²) in [6.45, 7) is 2.57. The van der Waals surface area contributed by atoms with Crippen molar-refractivity contribution in [1.29, 1.82) is 0 Å². The molecule has 142 valence electrons. The summed E-state index contributed by atoms with van der Waals surface area (Å²) in [5.41, 5.74) is 1.77. The van der Waals surface area contributed by atoms with Gasteiger partial charge in [-0.3, -0.25) is 9.55 Å². The van der Waals surface area contributed by atoms with Crippen LogP contribution in [0.2, 0.25) is 5.02 Å². The highest BCUT2D eigenvalue weighted by Gasteiger charge is 2.17. The van der Waals surface area contributed by atoms with Crippen LogP contribution in [-0.2, 0) is 7.05 Å². The number of anilines is 1. The van der Waals surface area contributed by atoms with Gasteiger partial charge < -0.3 is 9.84 Å². The molecule has 0 aliphatic rings. The number of nitrogens with zero attached hydrogens (tertiary/aromatic N) is 6. The largest absolute Gasteiger partial charge is 0.354 e. The average molecular weight is 396 g/mol. The van der Waals surface area contributed by atoms with E-state index in [1.807, 2.05) is 42.8 Å². The predicted octanol–water partition coefficient (Wildman–Crippen LogP) is 3.80. The molecule has 0 aliphatic heterocycles. The van der Waals surface area contributed by atoms with Crippen molar-refractivity contribution >= 4 is 17.5 Å². The molecule has 28 heavy (non-hydrogen) atoms. The maximum Gasteiger partial charge on any atom is 0.231 e. The van der Waals surface area contributed by atoms with Crippen LogP contribution in [0.15, 0.2) is 53.3 Å². The zero-order chi connectivity index (χ0) is 19.5. The lowest BCUT2D eigenvalue weighted by molar-refractivity contribution is 0.363. The Morgan fingerprint density at radius 3 is 2.75 bits per heavy atom. The number of hydrogen-bond acceptors (Lipinski definition) is 7. The molecule has 0 amide bonds. The molecule has 1 unspecified atom stereocenters. The van der Waals surface area contributed by atoms with Crippen LogP contribution < -0.4 is 5.32 Å². The van der Waals surface area contributed by atoms with Gasteiger partial charge in [0.1, 0.15) is 0 Å². The van der Waals surface area contributed by atoms with E-state index in [9.17, 15) is 0 Å². The van der Waals surface area contributed by atoms with Gasteiger partial charge >= 0.3 is 0 Å². The van der Waals surface area contributed by atoms with Gasteiger partial charge in [0.05, 0.1) is 5.92 Å². The van der Waals surface area contributed by atoms with Crippen LogP contribution in [-0.4, -0.2) is 36.4 Å². The lowest BCUT2D eigenvalue weighted by Gasteiger charge is -2.09. The van der Waals surface area contributed by atoms with E-state index in [2.05, 4.69) is 30.6 Å². The number of rotatable bonds is 6. The predicted molar refractivity (Wildman–Crippen MR) is 106 cm³/mol. The third-order valence-corrected chi connectivity index (χ3v) is 4.56. The molecule has 1 atom stereocenters. The van der Waals surface area contributed by atoms with Crippen LogP contribution in [0, 0.1) is 0 Å². The molecule has 0 fully saturated rings. The molecule has 0 spiro atoms. The Balaban J connectivity index is 1.44. The molecule has 8 nitrogen and oxygen atoms in total. The number of pyridine rings is 1. The summed E-state index contributed by atoms with van der Waals surface area (Å²) in [6, 6.07) is 11.1. The quantitative estimate of drug-likeness (QED) is 0.530. The minimum atomic E-state index is -0.0125. The monoisotopic (exact) mass is 395 g/mol. The van der Waals surface area contributed by atoms with Crippen LogP contribution in [0.1, 0.15) is 18.7 Å². The molecular formula is C19H18ClN7O. The highest BCUT2D eigenvalue weighted by molar-refractivity contribution is 6.30. The molecule has 0 radical (unpaired) electrons. The lowest BCUT2D eigenvalue weighted by Crippen LogP contribution is -2.13. The van der Waals surface area contributed by atoms with Crippen molar-refractivity contribution in [2.75, 3.05) is 11.9 Å². The molecule has 3 aromatic heterocycles. The van der Waals surface area contributed by atoms with Gasteiger partial charge in [-0.15, -0.1) is 10.2 Å². The minimum Gasteiger partial charge on any atom is -0.354 e. The van der Waals surface area contributed by atoms with Crippen molar-refractivity contribution in [2.45, 2.75) is 12.8 Å². The van der Waals surface area contributed by atoms with E-state index in [0.717, 1.165) is 17.0 Å². The van der Waals surface area contributed by atoms with Gasteiger partial charge in [-0.25, -0.2) is 0 Å². The van der Waals surface area contributed by atoms with Crippen molar-refractivity contribution in [2.24, 2.45) is 7.05 Å². The van der Waals surface area contributed by atoms with Crippen LogP contribution in [0.5, 0.6) is 0 Å². The molecule has 0 bridgehead atoms. The van der Waals surface area contributed by atoms with Gasteiger partial charge in [-0.1, -0.05) is 35.8 Å². The summed E-state index contributed by atoms with van der Waals surface area (Å²) in [4.78, 5) is 8.51. The SMILES string of the molecule is CC(CNc1nnc(-c2ccncc2)n1C)c1nc(-c2cccc(Cl)c2)no1. The number of aromatic nitrogens is 6. The number of benzene rings is 1. The van der Waals surface area contributed by atoms with Crippen molar-refractivity contribution < 1.29 is 4.52 Å². The number of halogens is 1. The average Bonchev–Trinajstić information content (AvgIpc) is 3.34. The fourth-order valence-electron chi connectivity index (χ4n) is 2.75. The lowest BCUT2D eigenvalue weighted by atomic mass is 10.2. The first kappa shape index (κ1) is 18.1. The van der Waals surface area contributed by atoms with Gasteiger partial charge in [-0.2, -0.15) is 4.98 Å². The topological polar surface area (TPSA) is 94.6 Å². The highest BCUT2D eigenvalue weighted by atomic mass is 35.5. The van der Waals surface area contributed by atoms with E-state index in [1.54, 1.807) is 24.5 Å². The van der Waals surface area contributed by atoms with E-state index < -0.39 is 0 Å². The molecule has 1 N–H and O–H groups in total. The molecular weight excluding hydrogens is 378 g/mol. The molecule has 0 aliphatic carbocycles. The van der Waals surface area contributed by atoms with Crippen molar-refractivity contribution in [3.8, 4) is 22.8 Å². The second-order valence-corrected chi connectivity index (χ2v) is 6.83. The molecule has 4 aromatic rings. The van der Waals surface area contributed by atoms with Crippen LogP contribution >= 0.6 is 11.6 Å². The van der Waals surface area contributed by atoms with Gasteiger partial charge in [0.15, 0.2) is 5.82 Å². The molecule has 0 saturated heterocycles. The number of nitrogens with one attached hydrogen (secondary N) is 1. The summed E-state index contributed by atoms with van der Waals surface area (Å²) >= 11 is 6.03. The molecule has 0 saturated carbocycles. The first-order valence-electron chi connectivity index (χ1n) is 8.75. The standard InChI is InChI=1S/C19H18ClN7O/c1-12(18-23-16(26-28-18)14-4-3-5-15(20)10-14)11-22-19-25-24-17(27(19)2)13-6-8-21-9-7-13/h3-10,12H,11H2,1-2H3,(H,22,25). The Hall–Kier alpha value is -3.26. The Kier molecular flexibility index (Phi) is 5.03. The molecule has 4 rings (SSSR count). The van der Waals surface area contributed by atoms with Crippen LogP contribution in [0.3, 0.4) is 0 Å². The van der Waals surface area contributed by atoms with Gasteiger partial charge in [0, 0.05) is 42.1 Å². The summed E-state index contributed by atoms with van der Waals surface area (Å²) in [5.74, 6) is 2.47. The van der Waals surface area contributed by atoms with Gasteiger partial charge in [-0.05, 0) is 24.3 Å². The van der Waals surface area contributed by atoms with Crippen LogP contribution in [0.4, 0.5) is 5.95 Å². The first-order chi connectivity index (χ1) is 13.6. The third-order valence-electron chi connectivity index (χ3n) is 4.33. The highest BCUT2D eigenvalue weighted by Crippen LogP contribution is 2.23. The Labute approximate surface area is 166 Å². The minimum absolute atomic E-state index is 0.0125. The zero-order valence-corrected chi connectivity index (χ0v) is 16.1. The Bertz CT molecular complexity index is 1080. The Morgan fingerprint density at radius 2 is 1.96 bits per heavy atom. The molecule has 9 heteroatoms. The summed E-state index contributed by atoms with van der Waals surface area (Å²) in [6.07, 6.45) is 3.46.